The van der Waals surface area contributed by atoms with Crippen LogP contribution >= 0.6 is 11.8 Å². The fraction of sp³-hybridized carbons (Fsp3) is 0.652. The second-order valence-corrected chi connectivity index (χ2v) is 19.4. The van der Waals surface area contributed by atoms with Gasteiger partial charge in [-0.2, -0.15) is 11.8 Å². The molecule has 0 radical (unpaired) electrons. The summed E-state index contributed by atoms with van der Waals surface area (Å²) in [7, 11) is 0. The van der Waals surface area contributed by atoms with Gasteiger partial charge in [0.05, 0.1) is 18.2 Å². The second-order valence-electron chi connectivity index (χ2n) is 18.4. The van der Waals surface area contributed by atoms with Crippen molar-refractivity contribution in [1.82, 2.24) is 41.7 Å². The molecule has 2 aliphatic rings. The molecule has 0 unspecified atom stereocenters. The Morgan fingerprint density at radius 1 is 0.662 bits per heavy atom. The molecule has 0 aromatic heterocycles. The Balaban J connectivity index is 1.77. The van der Waals surface area contributed by atoms with Gasteiger partial charge >= 0.3 is 11.9 Å². The van der Waals surface area contributed by atoms with E-state index in [0.29, 0.717) is 30.6 Å². The molecule has 13 N–H and O–H groups in total. The second kappa shape index (κ2) is 28.1. The molecule has 8 amide bonds. The van der Waals surface area contributed by atoms with E-state index in [0.717, 1.165) is 16.7 Å². The molecule has 0 aliphatic carbocycles. The lowest BCUT2D eigenvalue weighted by Crippen LogP contribution is -2.62. The number of carboxylic acids is 2. The van der Waals surface area contributed by atoms with Crippen LogP contribution in [0.3, 0.4) is 0 Å². The Bertz CT molecular complexity index is 2060. The highest BCUT2D eigenvalue weighted by Crippen LogP contribution is 2.22. The number of carboxylic acid groups (broad SMARTS) is 2. The average Bonchev–Trinajstić information content (AvgIpc) is 4.01. The number of carbonyl (C=O) groups excluding carboxylic acids is 8. The molecule has 24 nitrogen and oxygen atoms in total. The van der Waals surface area contributed by atoms with E-state index in [4.69, 9.17) is 5.73 Å². The van der Waals surface area contributed by atoms with Crippen LogP contribution in [0.15, 0.2) is 24.3 Å². The summed E-state index contributed by atoms with van der Waals surface area (Å²) >= 11 is 1.42. The van der Waals surface area contributed by atoms with Crippen LogP contribution in [-0.4, -0.2) is 186 Å². The topological polar surface area (TPSA) is 377 Å². The maximum absolute atomic E-state index is 14.2. The molecule has 71 heavy (non-hydrogen) atoms. The zero-order valence-corrected chi connectivity index (χ0v) is 41.7. The van der Waals surface area contributed by atoms with Gasteiger partial charge in [-0.1, -0.05) is 26.0 Å². The number of benzene rings is 1. The van der Waals surface area contributed by atoms with Crippen molar-refractivity contribution in [2.45, 2.75) is 159 Å². The maximum atomic E-state index is 14.2. The van der Waals surface area contributed by atoms with Crippen LogP contribution in [0.1, 0.15) is 91.5 Å². The number of likely N-dealkylation sites (tertiary alicyclic amines) is 2. The van der Waals surface area contributed by atoms with Gasteiger partial charge in [-0.25, -0.2) is 4.79 Å². The predicted molar refractivity (Wildman–Crippen MR) is 257 cm³/mol. The lowest BCUT2D eigenvalue weighted by molar-refractivity contribution is -0.150. The molecule has 0 spiro atoms. The summed E-state index contributed by atoms with van der Waals surface area (Å²) in [6, 6.07) is -6.37. The summed E-state index contributed by atoms with van der Waals surface area (Å²) in [4.78, 5) is 135. The number of nitrogens with zero attached hydrogens (tertiary/aromatic N) is 2. The normalized spacial score (nSPS) is 19.4. The molecule has 0 saturated carbocycles. The number of hydrogen-bond acceptors (Lipinski definition) is 15. The van der Waals surface area contributed by atoms with Crippen LogP contribution < -0.4 is 37.6 Å². The largest absolute Gasteiger partial charge is 0.508 e. The van der Waals surface area contributed by atoms with E-state index >= 15 is 0 Å². The Hall–Kier alpha value is -6.05. The third-order valence-electron chi connectivity index (χ3n) is 12.1. The van der Waals surface area contributed by atoms with E-state index in [9.17, 15) is 73.5 Å². The SMILES string of the molecule is CSCC[C@H](NC(=O)[C@@H](N)CC(C)C)C(=O)N[C@@H](Cc1ccc(O)cc1)C(=O)N[C@H](C(=O)N1CCC[C@H]1C(=O)N[C@@H](C)C(=O)N[C@H](C(=O)N[C@@H](CCC(=O)O)C(=O)N1CCC[C@H]1C(=O)O)[C@@H](C)O)[C@@H](C)O. The molecule has 0 bridgehead atoms. The number of nitrogens with one attached hydrogen (secondary N) is 6. The van der Waals surface area contributed by atoms with Crippen molar-refractivity contribution in [3.8, 4) is 5.75 Å². The number of amides is 8. The average molecular weight is 1020 g/mol. The van der Waals surface area contributed by atoms with Crippen LogP contribution in [0.4, 0.5) is 0 Å². The summed E-state index contributed by atoms with van der Waals surface area (Å²) in [6.45, 7) is 7.47. The first-order valence-corrected chi connectivity index (χ1v) is 25.0. The molecule has 1 aromatic rings. The highest BCUT2D eigenvalue weighted by atomic mass is 32.2. The number of nitrogens with two attached hydrogens (primary N) is 1. The number of hydrogen-bond donors (Lipinski definition) is 12. The highest BCUT2D eigenvalue weighted by molar-refractivity contribution is 7.98. The van der Waals surface area contributed by atoms with Crippen molar-refractivity contribution < 1.29 is 73.5 Å². The lowest BCUT2D eigenvalue weighted by Gasteiger charge is -2.32. The highest BCUT2D eigenvalue weighted by Gasteiger charge is 2.42. The molecular formula is C46H71N9O15S. The molecule has 2 aliphatic heterocycles. The first kappa shape index (κ1) is 59.3. The fourth-order valence-electron chi connectivity index (χ4n) is 8.20. The molecule has 396 valence electrons. The van der Waals surface area contributed by atoms with E-state index in [1.165, 1.54) is 49.9 Å². The standard InChI is InChI=1S/C46H71N9O15S/c1-23(2)21-29(47)39(62)49-30(17-20-71-6)40(63)51-32(22-27-11-13-28(58)14-12-27)41(64)53-37(26(5)57)45(68)54-18-7-9-33(54)42(65)48-24(3)38(61)52-36(25(4)56)43(66)50-31(15-16-35(59)60)44(67)55-19-8-10-34(55)46(69)70/h11-14,23-26,29-34,36-37,56-58H,7-10,15-22,47H2,1-6H3,(H,48,65)(H,49,62)(H,50,66)(H,51,63)(H,52,61)(H,53,64)(H,59,60)(H,69,70)/t24-,25+,26+,29-,30-,31-,32-,33-,34-,36-,37-/m0/s1. The summed E-state index contributed by atoms with van der Waals surface area (Å²) in [5.74, 6) is -8.93. The quantitative estimate of drug-likeness (QED) is 0.0440. The minimum Gasteiger partial charge on any atom is -0.508 e. The van der Waals surface area contributed by atoms with E-state index < -0.39 is 139 Å². The molecule has 11 atom stereocenters. The molecule has 1 aromatic carbocycles. The van der Waals surface area contributed by atoms with Crippen molar-refractivity contribution in [2.75, 3.05) is 25.1 Å². The smallest absolute Gasteiger partial charge is 0.326 e. The molecular weight excluding hydrogens is 951 g/mol. The number of aliphatic hydroxyl groups is 2. The lowest BCUT2D eigenvalue weighted by atomic mass is 10.0. The number of carbonyl (C=O) groups is 10. The molecule has 2 heterocycles. The molecule has 2 fully saturated rings. The van der Waals surface area contributed by atoms with Gasteiger partial charge in [-0.15, -0.1) is 0 Å². The van der Waals surface area contributed by atoms with E-state index in [2.05, 4.69) is 31.9 Å². The Morgan fingerprint density at radius 3 is 1.75 bits per heavy atom. The Kier molecular flexibility index (Phi) is 23.5. The van der Waals surface area contributed by atoms with Crippen LogP contribution in [-0.2, 0) is 54.4 Å². The van der Waals surface area contributed by atoms with Crippen LogP contribution in [0.2, 0.25) is 0 Å². The summed E-state index contributed by atoms with van der Waals surface area (Å²) in [6.07, 6.45) is -1.08. The van der Waals surface area contributed by atoms with E-state index in [1.54, 1.807) is 0 Å². The van der Waals surface area contributed by atoms with Crippen molar-refractivity contribution in [1.29, 1.82) is 0 Å². The van der Waals surface area contributed by atoms with Crippen molar-refractivity contribution in [2.24, 2.45) is 11.7 Å². The first-order valence-electron chi connectivity index (χ1n) is 23.6. The third-order valence-corrected chi connectivity index (χ3v) is 12.7. The van der Waals surface area contributed by atoms with Crippen molar-refractivity contribution in [3.05, 3.63) is 29.8 Å². The van der Waals surface area contributed by atoms with Gasteiger partial charge in [0.1, 0.15) is 54.1 Å². The first-order chi connectivity index (χ1) is 33.4. The minimum atomic E-state index is -1.74. The van der Waals surface area contributed by atoms with E-state index in [-0.39, 0.29) is 50.4 Å². The number of aromatic hydroxyl groups is 1. The van der Waals surface area contributed by atoms with Crippen LogP contribution in [0, 0.1) is 5.92 Å². The molecule has 3 rings (SSSR count). The number of phenolic OH excluding ortho intramolecular Hbond substituents is 1. The van der Waals surface area contributed by atoms with Gasteiger partial charge in [0.15, 0.2) is 0 Å². The van der Waals surface area contributed by atoms with E-state index in [1.807, 2.05) is 20.1 Å². The van der Waals surface area contributed by atoms with Gasteiger partial charge in [-0.3, -0.25) is 43.2 Å². The number of aliphatic hydroxyl groups excluding tert-OH is 2. The third kappa shape index (κ3) is 17.9. The number of rotatable bonds is 27. The molecule has 2 saturated heterocycles. The van der Waals surface area contributed by atoms with Crippen LogP contribution in [0.25, 0.3) is 0 Å². The fourth-order valence-corrected chi connectivity index (χ4v) is 8.68. The number of thioether (sulfide) groups is 1. The van der Waals surface area contributed by atoms with Crippen molar-refractivity contribution in [3.63, 3.8) is 0 Å². The summed E-state index contributed by atoms with van der Waals surface area (Å²) < 4.78 is 0. The Labute approximate surface area is 416 Å². The van der Waals surface area contributed by atoms with Crippen molar-refractivity contribution >= 4 is 71.0 Å². The van der Waals surface area contributed by atoms with Gasteiger partial charge in [0, 0.05) is 25.9 Å². The maximum Gasteiger partial charge on any atom is 0.326 e. The zero-order chi connectivity index (χ0) is 53.3. The van der Waals surface area contributed by atoms with Gasteiger partial charge in [-0.05, 0) is 101 Å². The Morgan fingerprint density at radius 2 is 1.20 bits per heavy atom. The van der Waals surface area contributed by atoms with Gasteiger partial charge < -0.3 is 73.0 Å². The summed E-state index contributed by atoms with van der Waals surface area (Å²) in [5.41, 5.74) is 6.58. The number of phenols is 1. The zero-order valence-electron chi connectivity index (χ0n) is 40.9. The summed E-state index contributed by atoms with van der Waals surface area (Å²) in [5, 5.41) is 65.2. The predicted octanol–water partition coefficient (Wildman–Crippen LogP) is -2.32. The van der Waals surface area contributed by atoms with Gasteiger partial charge in [0.25, 0.3) is 0 Å². The van der Waals surface area contributed by atoms with Crippen LogP contribution in [0.5, 0.6) is 5.75 Å². The van der Waals surface area contributed by atoms with Gasteiger partial charge in [0.2, 0.25) is 47.3 Å². The number of aliphatic carboxylic acids is 2. The minimum absolute atomic E-state index is 0.00327. The molecule has 25 heteroatoms. The monoisotopic (exact) mass is 1020 g/mol.